The first kappa shape index (κ1) is 19.7. The summed E-state index contributed by atoms with van der Waals surface area (Å²) in [4.78, 5) is 20.8. The molecule has 0 aromatic heterocycles. The van der Waals surface area contributed by atoms with E-state index in [-0.39, 0.29) is 12.2 Å². The molecule has 0 radical (unpaired) electrons. The van der Waals surface area contributed by atoms with Crippen LogP contribution in [0.25, 0.3) is 0 Å². The highest BCUT2D eigenvalue weighted by Gasteiger charge is 2.32. The van der Waals surface area contributed by atoms with Gasteiger partial charge < -0.3 is 5.11 Å². The normalized spacial score (nSPS) is 11.2. The van der Waals surface area contributed by atoms with Gasteiger partial charge in [-0.3, -0.25) is 19.2 Å². The molecular formula is C16H15ClN2O6S. The molecule has 2 rings (SSSR count). The van der Waals surface area contributed by atoms with Crippen molar-refractivity contribution in [2.75, 3.05) is 10.8 Å². The van der Waals surface area contributed by atoms with Gasteiger partial charge in [-0.05, 0) is 36.8 Å². The van der Waals surface area contributed by atoms with Gasteiger partial charge in [0.15, 0.2) is 4.90 Å². The van der Waals surface area contributed by atoms with Gasteiger partial charge in [0, 0.05) is 17.6 Å². The molecule has 0 aliphatic carbocycles. The lowest BCUT2D eigenvalue weighted by Gasteiger charge is -2.24. The van der Waals surface area contributed by atoms with Crippen LogP contribution in [0.4, 0.5) is 11.4 Å². The largest absolute Gasteiger partial charge is 0.481 e. The third kappa shape index (κ3) is 4.12. The molecule has 0 heterocycles. The van der Waals surface area contributed by atoms with Crippen molar-refractivity contribution < 1.29 is 23.2 Å². The van der Waals surface area contributed by atoms with Gasteiger partial charge in [0.25, 0.3) is 15.7 Å². The van der Waals surface area contributed by atoms with E-state index in [1.54, 1.807) is 6.92 Å². The zero-order valence-electron chi connectivity index (χ0n) is 13.6. The van der Waals surface area contributed by atoms with Crippen molar-refractivity contribution in [2.24, 2.45) is 0 Å². The number of nitrogens with zero attached hydrogens (tertiary/aromatic N) is 2. The topological polar surface area (TPSA) is 118 Å². The van der Waals surface area contributed by atoms with Crippen molar-refractivity contribution in [3.63, 3.8) is 0 Å². The number of sulfonamides is 1. The first-order valence-electron chi connectivity index (χ1n) is 7.38. The molecule has 0 spiro atoms. The maximum atomic E-state index is 13.1. The molecule has 0 unspecified atom stereocenters. The van der Waals surface area contributed by atoms with Gasteiger partial charge in [0.05, 0.1) is 17.0 Å². The second kappa shape index (κ2) is 7.71. The maximum absolute atomic E-state index is 13.1. The number of aryl methyl sites for hydroxylation is 1. The van der Waals surface area contributed by atoms with E-state index in [4.69, 9.17) is 16.7 Å². The van der Waals surface area contributed by atoms with Crippen LogP contribution in [0.15, 0.2) is 47.4 Å². The monoisotopic (exact) mass is 398 g/mol. The summed E-state index contributed by atoms with van der Waals surface area (Å²) in [7, 11) is -4.37. The molecule has 0 amide bonds. The van der Waals surface area contributed by atoms with E-state index in [9.17, 15) is 23.3 Å². The Hall–Kier alpha value is -2.65. The summed E-state index contributed by atoms with van der Waals surface area (Å²) in [5.41, 5.74) is 0.173. The summed E-state index contributed by atoms with van der Waals surface area (Å²) in [6.45, 7) is 1.28. The Bertz CT molecular complexity index is 961. The molecule has 0 aliphatic heterocycles. The summed E-state index contributed by atoms with van der Waals surface area (Å²) >= 11 is 5.96. The minimum absolute atomic E-state index is 0.173. The van der Waals surface area contributed by atoms with Crippen molar-refractivity contribution >= 4 is 39.0 Å². The van der Waals surface area contributed by atoms with Crippen molar-refractivity contribution in [1.29, 1.82) is 0 Å². The zero-order valence-corrected chi connectivity index (χ0v) is 15.2. The smallest absolute Gasteiger partial charge is 0.305 e. The Balaban J connectivity index is 2.62. The molecule has 0 atom stereocenters. The molecule has 10 heteroatoms. The van der Waals surface area contributed by atoms with Crippen LogP contribution in [0.1, 0.15) is 12.0 Å². The molecule has 26 heavy (non-hydrogen) atoms. The molecule has 0 saturated carbocycles. The lowest BCUT2D eigenvalue weighted by Crippen LogP contribution is -2.33. The van der Waals surface area contributed by atoms with Crippen LogP contribution in [-0.4, -0.2) is 31.0 Å². The number of anilines is 1. The summed E-state index contributed by atoms with van der Waals surface area (Å²) < 4.78 is 27.0. The van der Waals surface area contributed by atoms with Gasteiger partial charge in [-0.2, -0.15) is 0 Å². The van der Waals surface area contributed by atoms with Gasteiger partial charge in [0.2, 0.25) is 0 Å². The van der Waals surface area contributed by atoms with Crippen LogP contribution in [0.3, 0.4) is 0 Å². The number of halogens is 1. The number of rotatable bonds is 7. The molecular weight excluding hydrogens is 384 g/mol. The number of para-hydroxylation sites is 1. The summed E-state index contributed by atoms with van der Waals surface area (Å²) in [6.07, 6.45) is -0.471. The highest BCUT2D eigenvalue weighted by Crippen LogP contribution is 2.31. The Morgan fingerprint density at radius 2 is 1.92 bits per heavy atom. The molecule has 2 aromatic rings. The number of hydrogen-bond donors (Lipinski definition) is 1. The van der Waals surface area contributed by atoms with Crippen LogP contribution in [0, 0.1) is 17.0 Å². The van der Waals surface area contributed by atoms with Gasteiger partial charge in [-0.15, -0.1) is 0 Å². The van der Waals surface area contributed by atoms with E-state index in [0.29, 0.717) is 10.6 Å². The van der Waals surface area contributed by atoms with Crippen molar-refractivity contribution in [2.45, 2.75) is 18.2 Å². The highest BCUT2D eigenvalue weighted by molar-refractivity contribution is 7.93. The fourth-order valence-electron chi connectivity index (χ4n) is 2.31. The van der Waals surface area contributed by atoms with Gasteiger partial charge >= 0.3 is 5.97 Å². The number of carboxylic acid groups (broad SMARTS) is 1. The fraction of sp³-hybridized carbons (Fsp3) is 0.188. The third-order valence-corrected chi connectivity index (χ3v) is 5.89. The van der Waals surface area contributed by atoms with Gasteiger partial charge in [-0.25, -0.2) is 8.42 Å². The number of benzene rings is 2. The van der Waals surface area contributed by atoms with Crippen LogP contribution >= 0.6 is 11.6 Å². The summed E-state index contributed by atoms with van der Waals surface area (Å²) in [5.74, 6) is -1.20. The van der Waals surface area contributed by atoms with E-state index < -0.39 is 37.9 Å². The molecule has 0 bridgehead atoms. The van der Waals surface area contributed by atoms with E-state index in [1.807, 2.05) is 0 Å². The van der Waals surface area contributed by atoms with Gasteiger partial charge in [-0.1, -0.05) is 23.7 Å². The maximum Gasteiger partial charge on any atom is 0.305 e. The van der Waals surface area contributed by atoms with Crippen LogP contribution < -0.4 is 4.31 Å². The molecule has 0 aliphatic rings. The van der Waals surface area contributed by atoms with Crippen LogP contribution in [-0.2, 0) is 14.8 Å². The van der Waals surface area contributed by atoms with E-state index in [2.05, 4.69) is 0 Å². The predicted octanol–water partition coefficient (Wildman–Crippen LogP) is 3.23. The predicted molar refractivity (Wildman–Crippen MR) is 96.1 cm³/mol. The standard InChI is InChI=1S/C16H15ClN2O6S/c1-11-10-12(6-7-13(11)17)18(9-8-16(20)21)26(24,25)15-5-3-2-4-14(15)19(22)23/h2-7,10H,8-9H2,1H3,(H,20,21). The highest BCUT2D eigenvalue weighted by atomic mass is 35.5. The van der Waals surface area contributed by atoms with Gasteiger partial charge in [0.1, 0.15) is 0 Å². The molecule has 2 aromatic carbocycles. The van der Waals surface area contributed by atoms with E-state index in [0.717, 1.165) is 16.4 Å². The van der Waals surface area contributed by atoms with Crippen molar-refractivity contribution in [3.8, 4) is 0 Å². The second-order valence-electron chi connectivity index (χ2n) is 5.38. The Kier molecular flexibility index (Phi) is 5.83. The lowest BCUT2D eigenvalue weighted by molar-refractivity contribution is -0.387. The average Bonchev–Trinajstić information content (AvgIpc) is 2.57. The Morgan fingerprint density at radius 3 is 2.50 bits per heavy atom. The van der Waals surface area contributed by atoms with Crippen LogP contribution in [0.2, 0.25) is 5.02 Å². The number of nitro groups is 1. The number of nitro benzene ring substituents is 1. The Morgan fingerprint density at radius 1 is 1.27 bits per heavy atom. The van der Waals surface area contributed by atoms with E-state index in [1.165, 1.54) is 30.3 Å². The Labute approximate surface area is 154 Å². The zero-order chi connectivity index (χ0) is 19.5. The van der Waals surface area contributed by atoms with E-state index >= 15 is 0 Å². The molecule has 1 N–H and O–H groups in total. The minimum Gasteiger partial charge on any atom is -0.481 e. The molecule has 138 valence electrons. The lowest BCUT2D eigenvalue weighted by atomic mass is 10.2. The fourth-order valence-corrected chi connectivity index (χ4v) is 4.05. The third-order valence-electron chi connectivity index (χ3n) is 3.59. The number of carbonyl (C=O) groups is 1. The summed E-state index contributed by atoms with van der Waals surface area (Å²) in [5, 5.41) is 20.6. The SMILES string of the molecule is Cc1cc(N(CCC(=O)O)S(=O)(=O)c2ccccc2[N+](=O)[O-])ccc1Cl. The van der Waals surface area contributed by atoms with Crippen molar-refractivity contribution in [1.82, 2.24) is 0 Å². The molecule has 0 fully saturated rings. The minimum atomic E-state index is -4.37. The van der Waals surface area contributed by atoms with Crippen LogP contribution in [0.5, 0.6) is 0 Å². The average molecular weight is 399 g/mol. The molecule has 0 saturated heterocycles. The van der Waals surface area contributed by atoms with Crippen molar-refractivity contribution in [3.05, 3.63) is 63.2 Å². The molecule has 8 nitrogen and oxygen atoms in total. The first-order chi connectivity index (χ1) is 12.1. The number of carboxylic acids is 1. The number of hydrogen-bond acceptors (Lipinski definition) is 5. The second-order valence-corrected chi connectivity index (χ2v) is 7.62. The quantitative estimate of drug-likeness (QED) is 0.565. The number of aliphatic carboxylic acids is 1. The first-order valence-corrected chi connectivity index (χ1v) is 9.20. The summed E-state index contributed by atoms with van der Waals surface area (Å²) in [6, 6.07) is 9.29.